The van der Waals surface area contributed by atoms with Crippen LogP contribution in [0.15, 0.2) is 102 Å². The van der Waals surface area contributed by atoms with Crippen molar-refractivity contribution in [3.63, 3.8) is 0 Å². The maximum absolute atomic E-state index is 14.7. The number of nitro groups is 1. The third kappa shape index (κ3) is 10.5. The number of nitro benzene ring substituents is 1. The maximum Gasteiger partial charge on any atom is 0.293 e. The molecule has 390 valence electrons. The molecule has 1 amide bonds. The van der Waals surface area contributed by atoms with Crippen molar-refractivity contribution in [2.24, 2.45) is 11.3 Å². The van der Waals surface area contributed by atoms with Gasteiger partial charge in [0.25, 0.3) is 21.6 Å². The van der Waals surface area contributed by atoms with E-state index in [0.717, 1.165) is 88.0 Å². The van der Waals surface area contributed by atoms with Gasteiger partial charge in [0.1, 0.15) is 34.4 Å². The molecule has 1 spiro atoms. The number of nitrogens with zero attached hydrogens (tertiary/aromatic N) is 5. The molecule has 2 aliphatic heterocycles. The fourth-order valence-electron chi connectivity index (χ4n) is 11.7. The average Bonchev–Trinajstić information content (AvgIpc) is 3.74. The number of piperazine rings is 1. The molecule has 16 nitrogen and oxygen atoms in total. The van der Waals surface area contributed by atoms with Gasteiger partial charge in [-0.3, -0.25) is 24.7 Å². The number of benzene rings is 4. The minimum atomic E-state index is -4.64. The molecule has 4 N–H and O–H groups in total. The zero-order valence-corrected chi connectivity index (χ0v) is 43.4. The second-order valence-corrected chi connectivity index (χ2v) is 23.4. The highest BCUT2D eigenvalue weighted by molar-refractivity contribution is 7.90. The SMILES string of the molecule is COc1cc(CN2CCN(C3CC4(C3)CN(c3ccc(C(=O)NS(=O)(=O)c5ccc(NC[C@H]6CC[C@](C)(O)CC6)c([N+](=O)[O-])c5)c(Oc5cnc6[nH]cc(F)c6c5)c3)C4)[C@H](c3ccccc3C(C)C)C2)ccc1C. The molecule has 0 unspecified atom stereocenters. The number of aliphatic hydroxyl groups is 1. The Balaban J connectivity index is 0.849. The number of H-pyrrole nitrogens is 1. The topological polar surface area (TPSA) is 195 Å². The summed E-state index contributed by atoms with van der Waals surface area (Å²) < 4.78 is 56.4. The summed E-state index contributed by atoms with van der Waals surface area (Å²) in [6.45, 7) is 14.0. The number of aryl methyl sites for hydroxylation is 1. The number of aromatic amines is 1. The number of fused-ring (bicyclic) bond motifs is 1. The normalized spacial score (nSPS) is 21.3. The molecule has 0 radical (unpaired) electrons. The first-order valence-electron chi connectivity index (χ1n) is 25.6. The lowest BCUT2D eigenvalue weighted by Gasteiger charge is -2.63. The Morgan fingerprint density at radius 1 is 1.01 bits per heavy atom. The Hall–Kier alpha value is -6.60. The number of rotatable bonds is 16. The summed E-state index contributed by atoms with van der Waals surface area (Å²) in [4.78, 5) is 39.7. The number of sulfonamides is 1. The Bertz CT molecular complexity index is 3190. The first kappa shape index (κ1) is 50.9. The number of amides is 1. The highest BCUT2D eigenvalue weighted by atomic mass is 32.2. The first-order valence-corrected chi connectivity index (χ1v) is 27.1. The van der Waals surface area contributed by atoms with Crippen LogP contribution in [-0.4, -0.2) is 102 Å². The molecule has 4 aliphatic rings. The summed E-state index contributed by atoms with van der Waals surface area (Å²) >= 11 is 0. The first-order chi connectivity index (χ1) is 35.4. The molecule has 4 heterocycles. The van der Waals surface area contributed by atoms with Crippen molar-refractivity contribution < 1.29 is 37.1 Å². The molecule has 2 aromatic heterocycles. The van der Waals surface area contributed by atoms with Crippen LogP contribution in [0.25, 0.3) is 11.0 Å². The van der Waals surface area contributed by atoms with E-state index >= 15 is 0 Å². The lowest BCUT2D eigenvalue weighted by Crippen LogP contribution is -2.68. The number of halogens is 1. The van der Waals surface area contributed by atoms with E-state index in [4.69, 9.17) is 9.47 Å². The van der Waals surface area contributed by atoms with Gasteiger partial charge in [0.15, 0.2) is 0 Å². The van der Waals surface area contributed by atoms with E-state index in [-0.39, 0.29) is 45.5 Å². The minimum absolute atomic E-state index is 0.0168. The van der Waals surface area contributed by atoms with Crippen molar-refractivity contribution in [3.05, 3.63) is 141 Å². The largest absolute Gasteiger partial charge is 0.496 e. The standard InChI is InChI=1S/C56H65FN8O8S/c1-35(2)43-8-6-7-9-44(43)50-32-62(31-38-11-10-36(3)51(22-38)72-5)20-21-64(50)40-26-56(27-40)33-63(34-56)39-12-14-45(52(23-39)73-41-24-46-47(57)30-60-53(46)59-29-41)54(66)61-74(70,71)42-13-15-48(49(25-42)65(68)69)58-28-37-16-18-55(4,67)19-17-37/h6-15,22-25,29-30,35,37,40,50,58,67H,16-21,26-28,31-34H2,1-5H3,(H,59,60)(H,61,66)/t37-,50-,55-/m0/s1. The van der Waals surface area contributed by atoms with Crippen molar-refractivity contribution in [1.29, 1.82) is 0 Å². The minimum Gasteiger partial charge on any atom is -0.496 e. The number of carbonyl (C=O) groups is 1. The summed E-state index contributed by atoms with van der Waals surface area (Å²) in [6.07, 6.45) is 7.36. The molecular formula is C56H65FN8O8S. The van der Waals surface area contributed by atoms with Crippen LogP contribution in [0.3, 0.4) is 0 Å². The smallest absolute Gasteiger partial charge is 0.293 e. The van der Waals surface area contributed by atoms with Crippen LogP contribution in [0.5, 0.6) is 17.2 Å². The summed E-state index contributed by atoms with van der Waals surface area (Å²) in [5.41, 5.74) is 5.10. The molecule has 1 atom stereocenters. The van der Waals surface area contributed by atoms with Crippen LogP contribution in [0.1, 0.15) is 104 Å². The van der Waals surface area contributed by atoms with Crippen molar-refractivity contribution in [2.75, 3.05) is 56.6 Å². The number of ether oxygens (including phenoxy) is 2. The summed E-state index contributed by atoms with van der Waals surface area (Å²) in [5.74, 6) is 0.0332. The Labute approximate surface area is 431 Å². The van der Waals surface area contributed by atoms with Gasteiger partial charge < -0.3 is 29.8 Å². The van der Waals surface area contributed by atoms with Crippen molar-refractivity contribution in [3.8, 4) is 17.2 Å². The van der Waals surface area contributed by atoms with Crippen molar-refractivity contribution in [2.45, 2.75) is 101 Å². The van der Waals surface area contributed by atoms with Crippen LogP contribution in [-0.2, 0) is 16.6 Å². The molecule has 10 rings (SSSR count). The third-order valence-electron chi connectivity index (χ3n) is 15.9. The fourth-order valence-corrected chi connectivity index (χ4v) is 12.7. The highest BCUT2D eigenvalue weighted by Crippen LogP contribution is 2.54. The molecule has 4 aromatic carbocycles. The van der Waals surface area contributed by atoms with E-state index in [1.54, 1.807) is 26.2 Å². The molecule has 2 saturated carbocycles. The monoisotopic (exact) mass is 1030 g/mol. The number of carbonyl (C=O) groups excluding carboxylic acids is 1. The van der Waals surface area contributed by atoms with E-state index in [1.807, 2.05) is 0 Å². The molecular weight excluding hydrogens is 964 g/mol. The van der Waals surface area contributed by atoms with E-state index in [1.165, 1.54) is 53.3 Å². The van der Waals surface area contributed by atoms with E-state index in [9.17, 15) is 32.8 Å². The number of pyridine rings is 1. The van der Waals surface area contributed by atoms with Gasteiger partial charge >= 0.3 is 0 Å². The number of nitrogens with one attached hydrogen (secondary N) is 3. The van der Waals surface area contributed by atoms with E-state index < -0.39 is 42.9 Å². The molecule has 4 fully saturated rings. The predicted octanol–water partition coefficient (Wildman–Crippen LogP) is 9.84. The molecule has 18 heteroatoms. The van der Waals surface area contributed by atoms with Gasteiger partial charge in [-0.25, -0.2) is 22.5 Å². The zero-order chi connectivity index (χ0) is 52.1. The van der Waals surface area contributed by atoms with E-state index in [0.29, 0.717) is 37.0 Å². The molecule has 0 bridgehead atoms. The van der Waals surface area contributed by atoms with Gasteiger partial charge in [-0.2, -0.15) is 0 Å². The number of hydrogen-bond acceptors (Lipinski definition) is 13. The van der Waals surface area contributed by atoms with Gasteiger partial charge in [0.2, 0.25) is 0 Å². The lowest BCUT2D eigenvalue weighted by molar-refractivity contribution is -0.384. The van der Waals surface area contributed by atoms with Crippen molar-refractivity contribution >= 4 is 44.0 Å². The average molecular weight is 1030 g/mol. The summed E-state index contributed by atoms with van der Waals surface area (Å²) in [5, 5.41) is 25.8. The Morgan fingerprint density at radius 3 is 2.53 bits per heavy atom. The second-order valence-electron chi connectivity index (χ2n) is 21.7. The van der Waals surface area contributed by atoms with Gasteiger partial charge in [0.05, 0.1) is 39.7 Å². The number of hydrogen-bond donors (Lipinski definition) is 4. The maximum atomic E-state index is 14.7. The lowest BCUT2D eigenvalue weighted by atomic mass is 9.59. The van der Waals surface area contributed by atoms with Gasteiger partial charge in [0, 0.05) is 87.3 Å². The summed E-state index contributed by atoms with van der Waals surface area (Å²) in [7, 11) is -2.92. The zero-order valence-electron chi connectivity index (χ0n) is 42.6. The van der Waals surface area contributed by atoms with Crippen LogP contribution < -0.4 is 24.4 Å². The van der Waals surface area contributed by atoms with E-state index in [2.05, 4.69) is 97.9 Å². The quantitative estimate of drug-likeness (QED) is 0.0529. The second kappa shape index (κ2) is 20.3. The van der Waals surface area contributed by atoms with Crippen LogP contribution in [0, 0.1) is 34.2 Å². The number of methoxy groups -OCH3 is 1. The number of aromatic nitrogens is 2. The Kier molecular flexibility index (Phi) is 13.9. The molecule has 2 saturated heterocycles. The van der Waals surface area contributed by atoms with Crippen LogP contribution in [0.4, 0.5) is 21.5 Å². The van der Waals surface area contributed by atoms with Crippen LogP contribution in [0.2, 0.25) is 0 Å². The Morgan fingerprint density at radius 2 is 1.78 bits per heavy atom. The van der Waals surface area contributed by atoms with Gasteiger partial charge in [-0.15, -0.1) is 0 Å². The predicted molar refractivity (Wildman–Crippen MR) is 282 cm³/mol. The highest BCUT2D eigenvalue weighted by Gasteiger charge is 2.55. The van der Waals surface area contributed by atoms with Crippen molar-refractivity contribution in [1.82, 2.24) is 24.5 Å². The third-order valence-corrected chi connectivity index (χ3v) is 17.3. The van der Waals surface area contributed by atoms with Gasteiger partial charge in [-0.05, 0) is 123 Å². The van der Waals surface area contributed by atoms with Gasteiger partial charge in [-0.1, -0.05) is 50.2 Å². The molecule has 6 aromatic rings. The van der Waals surface area contributed by atoms with Crippen LogP contribution >= 0.6 is 0 Å². The number of anilines is 2. The molecule has 74 heavy (non-hydrogen) atoms. The summed E-state index contributed by atoms with van der Waals surface area (Å²) in [6, 6.07) is 25.8. The fraction of sp³-hybridized carbons (Fsp3) is 0.429. The molecule has 2 aliphatic carbocycles.